The normalized spacial score (nSPS) is 20.7. The van der Waals surface area contributed by atoms with Gasteiger partial charge in [0, 0.05) is 45.8 Å². The molecule has 0 bridgehead atoms. The highest BCUT2D eigenvalue weighted by atomic mass is 16.5. The van der Waals surface area contributed by atoms with Crippen molar-refractivity contribution in [3.8, 4) is 0 Å². The molecule has 1 aromatic carbocycles. The van der Waals surface area contributed by atoms with Gasteiger partial charge in [-0.3, -0.25) is 9.89 Å². The second-order valence-electron chi connectivity index (χ2n) is 6.78. The zero-order valence-electron chi connectivity index (χ0n) is 15.7. The van der Waals surface area contributed by atoms with Gasteiger partial charge in [0.1, 0.15) is 0 Å². The van der Waals surface area contributed by atoms with Crippen LogP contribution < -0.4 is 5.32 Å². The van der Waals surface area contributed by atoms with E-state index < -0.39 is 0 Å². The van der Waals surface area contributed by atoms with Crippen LogP contribution in [0.4, 0.5) is 0 Å². The molecule has 0 aromatic heterocycles. The number of nitrogens with zero attached hydrogens (tertiary/aromatic N) is 3. The molecule has 1 heterocycles. The monoisotopic (exact) mass is 332 g/mol. The molecule has 2 atom stereocenters. The molecule has 0 amide bonds. The van der Waals surface area contributed by atoms with E-state index in [1.54, 1.807) is 0 Å². The Morgan fingerprint density at radius 3 is 2.75 bits per heavy atom. The van der Waals surface area contributed by atoms with Gasteiger partial charge in [-0.15, -0.1) is 0 Å². The summed E-state index contributed by atoms with van der Waals surface area (Å²) in [6, 6.07) is 9.59. The summed E-state index contributed by atoms with van der Waals surface area (Å²) in [4.78, 5) is 9.10. The van der Waals surface area contributed by atoms with E-state index in [4.69, 9.17) is 4.74 Å². The van der Waals surface area contributed by atoms with Crippen LogP contribution in [0.25, 0.3) is 0 Å². The summed E-state index contributed by atoms with van der Waals surface area (Å²) in [5, 5.41) is 3.51. The quantitative estimate of drug-likeness (QED) is 0.662. The lowest BCUT2D eigenvalue weighted by Crippen LogP contribution is -2.53. The van der Waals surface area contributed by atoms with Gasteiger partial charge in [-0.05, 0) is 26.3 Å². The van der Waals surface area contributed by atoms with Crippen molar-refractivity contribution in [3.05, 3.63) is 35.4 Å². The molecule has 1 fully saturated rings. The van der Waals surface area contributed by atoms with E-state index in [1.807, 2.05) is 7.05 Å². The molecule has 1 aliphatic rings. The van der Waals surface area contributed by atoms with Gasteiger partial charge in [0.15, 0.2) is 5.96 Å². The van der Waals surface area contributed by atoms with E-state index in [-0.39, 0.29) is 0 Å². The molecule has 0 aliphatic carbocycles. The molecule has 5 heteroatoms. The first-order chi connectivity index (χ1) is 11.5. The molecule has 2 unspecified atom stereocenters. The molecule has 1 saturated heterocycles. The van der Waals surface area contributed by atoms with Gasteiger partial charge in [-0.25, -0.2) is 0 Å². The van der Waals surface area contributed by atoms with Gasteiger partial charge < -0.3 is 15.0 Å². The fourth-order valence-electron chi connectivity index (χ4n) is 3.18. The fraction of sp³-hybridized carbons (Fsp3) is 0.632. The molecule has 1 aromatic rings. The number of hydrogen-bond acceptors (Lipinski definition) is 3. The average Bonchev–Trinajstić information content (AvgIpc) is 2.57. The molecular formula is C19H32N4O. The summed E-state index contributed by atoms with van der Waals surface area (Å²) in [7, 11) is 3.92. The van der Waals surface area contributed by atoms with E-state index in [2.05, 4.69) is 72.2 Å². The van der Waals surface area contributed by atoms with Crippen LogP contribution in [-0.4, -0.2) is 68.2 Å². The van der Waals surface area contributed by atoms with Crippen LogP contribution in [0, 0.1) is 6.92 Å². The topological polar surface area (TPSA) is 40.1 Å². The van der Waals surface area contributed by atoms with Crippen LogP contribution in [0.2, 0.25) is 0 Å². The van der Waals surface area contributed by atoms with Crippen molar-refractivity contribution in [1.29, 1.82) is 0 Å². The van der Waals surface area contributed by atoms with Crippen molar-refractivity contribution >= 4 is 5.96 Å². The van der Waals surface area contributed by atoms with Crippen LogP contribution in [0.15, 0.2) is 29.3 Å². The number of aliphatic imine (C=N–C) groups is 1. The molecule has 1 N–H and O–H groups in total. The lowest BCUT2D eigenvalue weighted by molar-refractivity contribution is -0.0175. The minimum absolute atomic E-state index is 0.452. The number of morpholine rings is 1. The van der Waals surface area contributed by atoms with Crippen LogP contribution in [-0.2, 0) is 11.3 Å². The van der Waals surface area contributed by atoms with Crippen molar-refractivity contribution < 1.29 is 4.74 Å². The van der Waals surface area contributed by atoms with E-state index in [0.717, 1.165) is 38.8 Å². The van der Waals surface area contributed by atoms with E-state index in [1.165, 1.54) is 11.1 Å². The molecule has 0 saturated carbocycles. The third kappa shape index (κ3) is 5.21. The number of nitrogens with one attached hydrogen (secondary N) is 1. The first kappa shape index (κ1) is 18.7. The minimum atomic E-state index is 0.452. The average molecular weight is 332 g/mol. The number of guanidine groups is 1. The molecule has 24 heavy (non-hydrogen) atoms. The Bertz CT molecular complexity index is 529. The van der Waals surface area contributed by atoms with E-state index >= 15 is 0 Å². The first-order valence-corrected chi connectivity index (χ1v) is 8.82. The van der Waals surface area contributed by atoms with Gasteiger partial charge in [-0.1, -0.05) is 29.8 Å². The smallest absolute Gasteiger partial charge is 0.193 e. The third-order valence-corrected chi connectivity index (χ3v) is 4.65. The zero-order chi connectivity index (χ0) is 17.5. The van der Waals surface area contributed by atoms with Gasteiger partial charge in [0.05, 0.1) is 13.2 Å². The first-order valence-electron chi connectivity index (χ1n) is 8.82. The van der Waals surface area contributed by atoms with Gasteiger partial charge in [-0.2, -0.15) is 0 Å². The Morgan fingerprint density at radius 1 is 1.42 bits per heavy atom. The Hall–Kier alpha value is -1.59. The van der Waals surface area contributed by atoms with Crippen LogP contribution in [0.3, 0.4) is 0 Å². The molecule has 0 radical (unpaired) electrons. The largest absolute Gasteiger partial charge is 0.379 e. The molecule has 0 spiro atoms. The lowest BCUT2D eigenvalue weighted by atomic mass is 10.1. The number of aryl methyl sites for hydroxylation is 1. The number of benzene rings is 1. The standard InChI is InChI=1S/C19H32N4O/c1-15-6-8-18(9-7-15)13-22(5)19(20-4)21-12-16(2)23-10-11-24-14-17(23)3/h6-9,16-17H,10-14H2,1-5H3,(H,20,21). The fourth-order valence-corrected chi connectivity index (χ4v) is 3.18. The second-order valence-corrected chi connectivity index (χ2v) is 6.78. The summed E-state index contributed by atoms with van der Waals surface area (Å²) >= 11 is 0. The summed E-state index contributed by atoms with van der Waals surface area (Å²) in [5.41, 5.74) is 2.58. The number of ether oxygens (including phenoxy) is 1. The van der Waals surface area contributed by atoms with Crippen molar-refractivity contribution in [2.45, 2.75) is 39.4 Å². The molecule has 134 valence electrons. The van der Waals surface area contributed by atoms with Crippen LogP contribution >= 0.6 is 0 Å². The van der Waals surface area contributed by atoms with Crippen LogP contribution in [0.1, 0.15) is 25.0 Å². The van der Waals surface area contributed by atoms with Crippen molar-refractivity contribution in [2.75, 3.05) is 40.4 Å². The molecule has 1 aliphatic heterocycles. The summed E-state index contributed by atoms with van der Waals surface area (Å²) in [6.07, 6.45) is 0. The number of rotatable bonds is 5. The molecule has 5 nitrogen and oxygen atoms in total. The molecular weight excluding hydrogens is 300 g/mol. The SMILES string of the molecule is CN=C(NCC(C)N1CCOCC1C)N(C)Cc1ccc(C)cc1. The predicted octanol–water partition coefficient (Wildman–Crippen LogP) is 2.11. The Morgan fingerprint density at radius 2 is 2.12 bits per heavy atom. The number of hydrogen-bond donors (Lipinski definition) is 1. The van der Waals surface area contributed by atoms with Gasteiger partial charge in [0.25, 0.3) is 0 Å². The predicted molar refractivity (Wildman–Crippen MR) is 100 cm³/mol. The summed E-state index contributed by atoms with van der Waals surface area (Å²) in [6.45, 7) is 11.0. The Labute approximate surface area is 146 Å². The highest BCUT2D eigenvalue weighted by molar-refractivity contribution is 5.79. The maximum atomic E-state index is 5.53. The second kappa shape index (κ2) is 9.04. The Balaban J connectivity index is 1.85. The van der Waals surface area contributed by atoms with Crippen molar-refractivity contribution in [3.63, 3.8) is 0 Å². The Kier molecular flexibility index (Phi) is 7.06. The maximum Gasteiger partial charge on any atom is 0.193 e. The summed E-state index contributed by atoms with van der Waals surface area (Å²) < 4.78 is 5.53. The molecule has 2 rings (SSSR count). The third-order valence-electron chi connectivity index (χ3n) is 4.65. The van der Waals surface area contributed by atoms with Gasteiger partial charge in [0.2, 0.25) is 0 Å². The lowest BCUT2D eigenvalue weighted by Gasteiger charge is -2.38. The van der Waals surface area contributed by atoms with Gasteiger partial charge >= 0.3 is 0 Å². The van der Waals surface area contributed by atoms with Crippen molar-refractivity contribution in [1.82, 2.24) is 15.1 Å². The van der Waals surface area contributed by atoms with Crippen LogP contribution in [0.5, 0.6) is 0 Å². The van der Waals surface area contributed by atoms with E-state index in [9.17, 15) is 0 Å². The maximum absolute atomic E-state index is 5.53. The van der Waals surface area contributed by atoms with E-state index in [0.29, 0.717) is 12.1 Å². The summed E-state index contributed by atoms with van der Waals surface area (Å²) in [5.74, 6) is 0.934. The minimum Gasteiger partial charge on any atom is -0.379 e. The zero-order valence-corrected chi connectivity index (χ0v) is 15.7. The highest BCUT2D eigenvalue weighted by Gasteiger charge is 2.23. The van der Waals surface area contributed by atoms with Crippen molar-refractivity contribution in [2.24, 2.45) is 4.99 Å². The highest BCUT2D eigenvalue weighted by Crippen LogP contribution is 2.10.